The van der Waals surface area contributed by atoms with E-state index in [4.69, 9.17) is 0 Å². The van der Waals surface area contributed by atoms with Gasteiger partial charge >= 0.3 is 0 Å². The van der Waals surface area contributed by atoms with Crippen LogP contribution in [0.25, 0.3) is 0 Å². The zero-order valence-electron chi connectivity index (χ0n) is 11.2. The lowest BCUT2D eigenvalue weighted by Gasteiger charge is -2.26. The summed E-state index contributed by atoms with van der Waals surface area (Å²) in [6.07, 6.45) is 6.00. The molecule has 1 aliphatic carbocycles. The van der Waals surface area contributed by atoms with E-state index in [2.05, 4.69) is 55.2 Å². The molecular formula is C16H23NS. The molecule has 0 aliphatic heterocycles. The van der Waals surface area contributed by atoms with Gasteiger partial charge in [-0.15, -0.1) is 18.3 Å². The molecule has 1 aromatic rings. The normalized spacial score (nSPS) is 18.3. The largest absolute Gasteiger partial charge is 0.313 e. The fourth-order valence-corrected chi connectivity index (χ4v) is 3.00. The van der Waals surface area contributed by atoms with E-state index >= 15 is 0 Å². The summed E-state index contributed by atoms with van der Waals surface area (Å²) in [5, 5.41) is 3.62. The van der Waals surface area contributed by atoms with Gasteiger partial charge in [-0.05, 0) is 42.6 Å². The van der Waals surface area contributed by atoms with Crippen molar-refractivity contribution in [1.29, 1.82) is 0 Å². The van der Waals surface area contributed by atoms with Gasteiger partial charge in [-0.2, -0.15) is 0 Å². The molecule has 1 N–H and O–H groups in total. The average molecular weight is 261 g/mol. The summed E-state index contributed by atoms with van der Waals surface area (Å²) in [6.45, 7) is 7.38. The van der Waals surface area contributed by atoms with Gasteiger partial charge in [0.1, 0.15) is 0 Å². The highest BCUT2D eigenvalue weighted by molar-refractivity contribution is 7.99. The Hall–Kier alpha value is -0.730. The second-order valence-corrected chi connectivity index (χ2v) is 6.59. The van der Waals surface area contributed by atoms with Crippen molar-refractivity contribution in [3.8, 4) is 0 Å². The smallest absolute Gasteiger partial charge is 0.00719 e. The van der Waals surface area contributed by atoms with Crippen LogP contribution in [-0.2, 0) is 0 Å². The van der Waals surface area contributed by atoms with Crippen LogP contribution in [0, 0.1) is 5.41 Å². The van der Waals surface area contributed by atoms with Crippen LogP contribution in [0.4, 0.5) is 0 Å². The Bertz CT molecular complexity index is 372. The van der Waals surface area contributed by atoms with Gasteiger partial charge in [-0.3, -0.25) is 0 Å². The molecule has 0 heterocycles. The van der Waals surface area contributed by atoms with Crippen LogP contribution in [0.15, 0.2) is 47.9 Å². The second-order valence-electron chi connectivity index (χ2n) is 5.42. The van der Waals surface area contributed by atoms with Crippen molar-refractivity contribution < 1.29 is 0 Å². The predicted octanol–water partition coefficient (Wildman–Crippen LogP) is 4.11. The molecule has 0 saturated heterocycles. The summed E-state index contributed by atoms with van der Waals surface area (Å²) in [6, 6.07) is 11.4. The van der Waals surface area contributed by atoms with E-state index in [-0.39, 0.29) is 5.41 Å². The van der Waals surface area contributed by atoms with Crippen LogP contribution < -0.4 is 5.32 Å². The fourth-order valence-electron chi connectivity index (χ4n) is 1.85. The van der Waals surface area contributed by atoms with Crippen LogP contribution in [0.1, 0.15) is 26.2 Å². The van der Waals surface area contributed by atoms with Crippen LogP contribution in [0.2, 0.25) is 0 Å². The van der Waals surface area contributed by atoms with Crippen LogP contribution in [-0.4, -0.2) is 18.3 Å². The van der Waals surface area contributed by atoms with Crippen molar-refractivity contribution in [2.24, 2.45) is 5.41 Å². The van der Waals surface area contributed by atoms with Gasteiger partial charge in [0.05, 0.1) is 0 Å². The Balaban J connectivity index is 1.73. The average Bonchev–Trinajstić information content (AvgIpc) is 3.22. The maximum atomic E-state index is 4.01. The number of rotatable bonds is 8. The number of hydrogen-bond acceptors (Lipinski definition) is 2. The van der Waals surface area contributed by atoms with E-state index in [0.29, 0.717) is 0 Å². The van der Waals surface area contributed by atoms with Crippen LogP contribution in [0.5, 0.6) is 0 Å². The van der Waals surface area contributed by atoms with Crippen LogP contribution >= 0.6 is 11.8 Å². The van der Waals surface area contributed by atoms with Crippen molar-refractivity contribution in [2.45, 2.75) is 37.1 Å². The Morgan fingerprint density at radius 3 is 2.72 bits per heavy atom. The third-order valence-electron chi connectivity index (χ3n) is 3.55. The molecule has 18 heavy (non-hydrogen) atoms. The summed E-state index contributed by atoms with van der Waals surface area (Å²) < 4.78 is 0. The zero-order valence-corrected chi connectivity index (χ0v) is 12.0. The first-order valence-electron chi connectivity index (χ1n) is 6.77. The Morgan fingerprint density at radius 1 is 1.39 bits per heavy atom. The standard InChI is InChI=1S/C16H23NS/c1-3-16(2,13-17-14-9-10-14)11-12-18-15-7-5-4-6-8-15/h3-8,14,17H,1,9-13H2,2H3. The van der Waals surface area contributed by atoms with Gasteiger partial charge in [-0.1, -0.05) is 31.2 Å². The molecule has 0 bridgehead atoms. The minimum absolute atomic E-state index is 0.227. The molecule has 1 fully saturated rings. The van der Waals surface area contributed by atoms with E-state index in [1.54, 1.807) is 0 Å². The molecule has 0 aromatic heterocycles. The second kappa shape index (κ2) is 6.44. The number of nitrogens with one attached hydrogen (secondary N) is 1. The summed E-state index contributed by atoms with van der Waals surface area (Å²) in [4.78, 5) is 1.36. The minimum Gasteiger partial charge on any atom is -0.313 e. The number of hydrogen-bond donors (Lipinski definition) is 1. The molecule has 98 valence electrons. The molecule has 0 spiro atoms. The Labute approximate surface area is 115 Å². The molecule has 0 radical (unpaired) electrons. The van der Waals surface area contributed by atoms with Gasteiger partial charge in [0.15, 0.2) is 0 Å². The van der Waals surface area contributed by atoms with Gasteiger partial charge in [-0.25, -0.2) is 0 Å². The first-order chi connectivity index (χ1) is 8.72. The van der Waals surface area contributed by atoms with Gasteiger partial charge < -0.3 is 5.32 Å². The lowest BCUT2D eigenvalue weighted by atomic mass is 9.88. The molecule has 0 amide bonds. The molecule has 1 nitrogen and oxygen atoms in total. The molecule has 1 aromatic carbocycles. The topological polar surface area (TPSA) is 12.0 Å². The quantitative estimate of drug-likeness (QED) is 0.558. The highest BCUT2D eigenvalue weighted by atomic mass is 32.2. The lowest BCUT2D eigenvalue weighted by Crippen LogP contribution is -2.32. The van der Waals surface area contributed by atoms with Gasteiger partial charge in [0.25, 0.3) is 0 Å². The summed E-state index contributed by atoms with van der Waals surface area (Å²) >= 11 is 1.94. The zero-order chi connectivity index (χ0) is 12.8. The van der Waals surface area contributed by atoms with Gasteiger partial charge in [0, 0.05) is 17.5 Å². The molecule has 2 rings (SSSR count). The molecule has 1 unspecified atom stereocenters. The predicted molar refractivity (Wildman–Crippen MR) is 81.1 cm³/mol. The van der Waals surface area contributed by atoms with Crippen molar-refractivity contribution in [3.05, 3.63) is 43.0 Å². The third-order valence-corrected chi connectivity index (χ3v) is 4.56. The fraction of sp³-hybridized carbons (Fsp3) is 0.500. The van der Waals surface area contributed by atoms with E-state index in [1.807, 2.05) is 11.8 Å². The monoisotopic (exact) mass is 261 g/mol. The van der Waals surface area contributed by atoms with E-state index < -0.39 is 0 Å². The SMILES string of the molecule is C=CC(C)(CCSc1ccccc1)CNC1CC1. The highest BCUT2D eigenvalue weighted by Crippen LogP contribution is 2.29. The number of thioether (sulfide) groups is 1. The Kier molecular flexibility index (Phi) is 4.90. The maximum Gasteiger partial charge on any atom is 0.00719 e. The van der Waals surface area contributed by atoms with Crippen LogP contribution in [0.3, 0.4) is 0 Å². The maximum absolute atomic E-state index is 4.01. The first-order valence-corrected chi connectivity index (χ1v) is 7.75. The van der Waals surface area contributed by atoms with E-state index in [0.717, 1.165) is 18.3 Å². The number of benzene rings is 1. The lowest BCUT2D eigenvalue weighted by molar-refractivity contribution is 0.382. The molecular weight excluding hydrogens is 238 g/mol. The summed E-state index contributed by atoms with van der Waals surface area (Å²) in [5.74, 6) is 1.15. The van der Waals surface area contributed by atoms with Gasteiger partial charge in [0.2, 0.25) is 0 Å². The summed E-state index contributed by atoms with van der Waals surface area (Å²) in [7, 11) is 0. The highest BCUT2D eigenvalue weighted by Gasteiger charge is 2.26. The van der Waals surface area contributed by atoms with Crippen molar-refractivity contribution in [2.75, 3.05) is 12.3 Å². The third kappa shape index (κ3) is 4.51. The molecule has 1 saturated carbocycles. The van der Waals surface area contributed by atoms with Crippen molar-refractivity contribution in [3.63, 3.8) is 0 Å². The minimum atomic E-state index is 0.227. The molecule has 2 heteroatoms. The molecule has 1 aliphatic rings. The summed E-state index contributed by atoms with van der Waals surface area (Å²) in [5.41, 5.74) is 0.227. The van der Waals surface area contributed by atoms with Crippen molar-refractivity contribution in [1.82, 2.24) is 5.32 Å². The molecule has 1 atom stereocenters. The first kappa shape index (κ1) is 13.7. The van der Waals surface area contributed by atoms with E-state index in [1.165, 1.54) is 24.2 Å². The van der Waals surface area contributed by atoms with Crippen molar-refractivity contribution >= 4 is 11.8 Å². The van der Waals surface area contributed by atoms with E-state index in [9.17, 15) is 0 Å². The Morgan fingerprint density at radius 2 is 2.11 bits per heavy atom.